The number of aliphatic hydroxyl groups is 2. The average Bonchev–Trinajstić information content (AvgIpc) is 3.22. The van der Waals surface area contributed by atoms with Gasteiger partial charge in [-0.3, -0.25) is 18.6 Å². The van der Waals surface area contributed by atoms with Crippen LogP contribution in [0, 0.1) is 0 Å². The SMILES string of the molecule is CCCCC/C=C\C/C=C\C/C=C\C/C=C\CCCCCC(=O)O[C@H](COC(=O)CCCC(O)C(O)C/C=C\C/C=C\C/C=C\CCCCC)COP(=O)(O)OCC[N+](C)(C)C. The van der Waals surface area contributed by atoms with Crippen molar-refractivity contribution in [2.45, 2.75) is 173 Å². The van der Waals surface area contributed by atoms with Crippen molar-refractivity contribution >= 4 is 19.8 Å². The predicted molar refractivity (Wildman–Crippen MR) is 254 cm³/mol. The number of esters is 2. The summed E-state index contributed by atoms with van der Waals surface area (Å²) in [5, 5.41) is 20.8. The zero-order valence-electron chi connectivity index (χ0n) is 39.3. The number of hydrogen-bond acceptors (Lipinski definition) is 9. The first-order chi connectivity index (χ1) is 29.8. The number of aliphatic hydroxyl groups excluding tert-OH is 2. The first kappa shape index (κ1) is 59.1. The second-order valence-corrected chi connectivity index (χ2v) is 18.2. The average molecular weight is 893 g/mol. The second-order valence-electron chi connectivity index (χ2n) is 16.7. The van der Waals surface area contributed by atoms with Crippen LogP contribution in [-0.2, 0) is 32.7 Å². The van der Waals surface area contributed by atoms with Crippen molar-refractivity contribution < 1.29 is 52.3 Å². The number of likely N-dealkylation sites (N-methyl/N-ethyl adjacent to an activating group) is 1. The van der Waals surface area contributed by atoms with E-state index in [9.17, 15) is 29.3 Å². The van der Waals surface area contributed by atoms with Gasteiger partial charge in [-0.2, -0.15) is 0 Å². The van der Waals surface area contributed by atoms with Crippen molar-refractivity contribution in [3.63, 3.8) is 0 Å². The lowest BCUT2D eigenvalue weighted by molar-refractivity contribution is -0.870. The molecule has 3 unspecified atom stereocenters. The van der Waals surface area contributed by atoms with Crippen molar-refractivity contribution in [3.05, 3.63) is 85.1 Å². The van der Waals surface area contributed by atoms with Gasteiger partial charge < -0.3 is 29.1 Å². The molecular weight excluding hydrogens is 806 g/mol. The van der Waals surface area contributed by atoms with Gasteiger partial charge in [-0.15, -0.1) is 0 Å². The molecule has 11 nitrogen and oxygen atoms in total. The maximum absolute atomic E-state index is 12.7. The standard InChI is InChI=1S/C50H86NO10P/c1-6-8-10-12-14-16-18-20-21-22-23-24-25-26-28-30-32-34-36-40-50(55)61-46(45-60-62(56,57)59-43-42-51(3,4)5)44-58-49(54)41-37-39-48(53)47(52)38-35-33-31-29-27-19-17-15-13-11-9-7-2/h14-17,20-21,23-24,26-29,33,35,46-48,52-53H,6-13,18-19,22,25,30-32,34,36-45H2,1-5H3/p+1/b16-14-,17-15-,21-20-,24-23-,28-26-,29-27-,35-33-/t46-,47?,48?/m1/s1. The molecule has 4 atom stereocenters. The van der Waals surface area contributed by atoms with Gasteiger partial charge in [-0.25, -0.2) is 4.57 Å². The Morgan fingerprint density at radius 2 is 1.03 bits per heavy atom. The molecule has 0 fully saturated rings. The fourth-order valence-electron chi connectivity index (χ4n) is 5.75. The van der Waals surface area contributed by atoms with Crippen molar-refractivity contribution in [1.82, 2.24) is 0 Å². The Morgan fingerprint density at radius 3 is 1.53 bits per heavy atom. The highest BCUT2D eigenvalue weighted by molar-refractivity contribution is 7.47. The lowest BCUT2D eigenvalue weighted by atomic mass is 10.0. The zero-order valence-corrected chi connectivity index (χ0v) is 40.2. The zero-order chi connectivity index (χ0) is 46.0. The second kappa shape index (κ2) is 40.9. The van der Waals surface area contributed by atoms with Crippen LogP contribution < -0.4 is 0 Å². The van der Waals surface area contributed by atoms with Crippen molar-refractivity contribution in [1.29, 1.82) is 0 Å². The van der Waals surface area contributed by atoms with Crippen LogP contribution in [0.3, 0.4) is 0 Å². The molecule has 12 heteroatoms. The normalized spacial score (nSPS) is 15.3. The Hall–Kier alpha value is -2.89. The number of unbranched alkanes of at least 4 members (excludes halogenated alkanes) is 9. The number of carbonyl (C=O) groups excluding carboxylic acids is 2. The summed E-state index contributed by atoms with van der Waals surface area (Å²) in [5.74, 6) is -1.13. The maximum Gasteiger partial charge on any atom is 0.472 e. The van der Waals surface area contributed by atoms with Crippen LogP contribution in [0.25, 0.3) is 0 Å². The van der Waals surface area contributed by atoms with Gasteiger partial charge in [-0.05, 0) is 96.3 Å². The van der Waals surface area contributed by atoms with Gasteiger partial charge in [0.25, 0.3) is 0 Å². The van der Waals surface area contributed by atoms with Crippen molar-refractivity contribution in [3.8, 4) is 0 Å². The Morgan fingerprint density at radius 1 is 0.565 bits per heavy atom. The number of phosphoric acid groups is 1. The van der Waals surface area contributed by atoms with E-state index in [1.54, 1.807) is 0 Å². The Balaban J connectivity index is 4.64. The molecule has 62 heavy (non-hydrogen) atoms. The third-order valence-corrected chi connectivity index (χ3v) is 10.6. The van der Waals surface area contributed by atoms with Gasteiger partial charge in [0.1, 0.15) is 19.8 Å². The molecule has 0 rings (SSSR count). The first-order valence-electron chi connectivity index (χ1n) is 23.5. The smallest absolute Gasteiger partial charge is 0.462 e. The van der Waals surface area contributed by atoms with E-state index in [1.165, 1.54) is 44.9 Å². The van der Waals surface area contributed by atoms with Gasteiger partial charge in [0.05, 0.1) is 40.0 Å². The first-order valence-corrected chi connectivity index (χ1v) is 25.0. The Labute approximate surface area is 376 Å². The third kappa shape index (κ3) is 42.4. The number of hydrogen-bond donors (Lipinski definition) is 3. The highest BCUT2D eigenvalue weighted by Gasteiger charge is 2.27. The molecule has 0 saturated carbocycles. The summed E-state index contributed by atoms with van der Waals surface area (Å²) in [7, 11) is 1.29. The summed E-state index contributed by atoms with van der Waals surface area (Å²) in [5.41, 5.74) is 0. The number of phosphoric ester groups is 1. The maximum atomic E-state index is 12.7. The molecule has 0 bridgehead atoms. The van der Waals surface area contributed by atoms with Gasteiger partial charge in [-0.1, -0.05) is 131 Å². The van der Waals surface area contributed by atoms with Crippen LogP contribution in [0.15, 0.2) is 85.1 Å². The minimum atomic E-state index is -4.46. The molecule has 0 aromatic heterocycles. The molecule has 0 saturated heterocycles. The summed E-state index contributed by atoms with van der Waals surface area (Å²) in [6.07, 6.45) is 45.2. The molecule has 356 valence electrons. The topological polar surface area (TPSA) is 149 Å². The van der Waals surface area contributed by atoms with Crippen molar-refractivity contribution in [2.24, 2.45) is 0 Å². The molecule has 0 heterocycles. The lowest BCUT2D eigenvalue weighted by Gasteiger charge is -2.24. The highest BCUT2D eigenvalue weighted by Crippen LogP contribution is 2.43. The van der Waals surface area contributed by atoms with E-state index in [2.05, 4.69) is 86.8 Å². The third-order valence-electron chi connectivity index (χ3n) is 9.60. The number of quaternary nitrogens is 1. The molecule has 0 aromatic rings. The molecular formula is C50H87NO10P+. The van der Waals surface area contributed by atoms with Crippen LogP contribution in [0.4, 0.5) is 0 Å². The van der Waals surface area contributed by atoms with Gasteiger partial charge in [0, 0.05) is 12.8 Å². The van der Waals surface area contributed by atoms with Gasteiger partial charge in [0.2, 0.25) is 0 Å². The number of nitrogens with zero attached hydrogens (tertiary/aromatic N) is 1. The molecule has 0 aliphatic carbocycles. The molecule has 0 aromatic carbocycles. The monoisotopic (exact) mass is 893 g/mol. The van der Waals surface area contributed by atoms with E-state index in [0.29, 0.717) is 23.9 Å². The van der Waals surface area contributed by atoms with E-state index in [1.807, 2.05) is 33.3 Å². The summed E-state index contributed by atoms with van der Waals surface area (Å²) in [6, 6.07) is 0. The summed E-state index contributed by atoms with van der Waals surface area (Å²) in [4.78, 5) is 35.5. The number of rotatable bonds is 41. The van der Waals surface area contributed by atoms with Crippen LogP contribution in [0.5, 0.6) is 0 Å². The molecule has 0 aliphatic heterocycles. The molecule has 0 aliphatic rings. The van der Waals surface area contributed by atoms with Crippen LogP contribution in [-0.4, -0.2) is 97.3 Å². The van der Waals surface area contributed by atoms with Crippen LogP contribution in [0.1, 0.15) is 155 Å². The van der Waals surface area contributed by atoms with E-state index in [-0.39, 0.29) is 38.9 Å². The van der Waals surface area contributed by atoms with E-state index >= 15 is 0 Å². The van der Waals surface area contributed by atoms with Crippen molar-refractivity contribution in [2.75, 3.05) is 47.5 Å². The predicted octanol–water partition coefficient (Wildman–Crippen LogP) is 11.5. The Kier molecular flexibility index (Phi) is 39.0. The Bertz CT molecular complexity index is 1360. The fraction of sp³-hybridized carbons (Fsp3) is 0.680. The summed E-state index contributed by atoms with van der Waals surface area (Å²) < 4.78 is 34.1. The quantitative estimate of drug-likeness (QED) is 0.0178. The van der Waals surface area contributed by atoms with E-state index < -0.39 is 44.7 Å². The molecule has 0 radical (unpaired) electrons. The number of carbonyl (C=O) groups is 2. The fourth-order valence-corrected chi connectivity index (χ4v) is 6.49. The highest BCUT2D eigenvalue weighted by atomic mass is 31.2. The molecule has 3 N–H and O–H groups in total. The minimum Gasteiger partial charge on any atom is -0.462 e. The summed E-state index contributed by atoms with van der Waals surface area (Å²) in [6.45, 7) is 3.97. The van der Waals surface area contributed by atoms with E-state index in [4.69, 9.17) is 18.5 Å². The van der Waals surface area contributed by atoms with Gasteiger partial charge >= 0.3 is 19.8 Å². The van der Waals surface area contributed by atoms with E-state index in [0.717, 1.165) is 57.8 Å². The minimum absolute atomic E-state index is 0.0245. The summed E-state index contributed by atoms with van der Waals surface area (Å²) >= 11 is 0. The number of ether oxygens (including phenoxy) is 2. The van der Waals surface area contributed by atoms with Crippen LogP contribution >= 0.6 is 7.82 Å². The molecule has 0 amide bonds. The van der Waals surface area contributed by atoms with Crippen LogP contribution in [0.2, 0.25) is 0 Å². The lowest BCUT2D eigenvalue weighted by Crippen LogP contribution is -2.37. The number of allylic oxidation sites excluding steroid dienone is 13. The largest absolute Gasteiger partial charge is 0.472 e. The molecule has 0 spiro atoms. The van der Waals surface area contributed by atoms with Gasteiger partial charge in [0.15, 0.2) is 6.10 Å².